The van der Waals surface area contributed by atoms with Crippen molar-refractivity contribution in [1.29, 1.82) is 0 Å². The number of aromatic nitrogens is 1. The number of pyridine rings is 1. The number of anilines is 1. The van der Waals surface area contributed by atoms with Gasteiger partial charge in [-0.05, 0) is 28.1 Å². The van der Waals surface area contributed by atoms with Gasteiger partial charge in [-0.25, -0.2) is 18.6 Å². The summed E-state index contributed by atoms with van der Waals surface area (Å²) in [4.78, 5) is 26.9. The first kappa shape index (κ1) is 18.3. The summed E-state index contributed by atoms with van der Waals surface area (Å²) < 4.78 is 32.5. The van der Waals surface area contributed by atoms with E-state index in [1.54, 1.807) is 0 Å². The van der Waals surface area contributed by atoms with E-state index in [-0.39, 0.29) is 32.0 Å². The Balaban J connectivity index is 2.75. The standard InChI is InChI=1S/C15H10BrClF2N2O3/c1-6(22)21-13-8(5-20-14(10(13)17)15(23)24-2)7-3-4-9(16)12(19)11(7)18/h3-5H,1-2H3,(H,20,21,22). The Morgan fingerprint density at radius 2 is 1.92 bits per heavy atom. The molecule has 1 aromatic heterocycles. The van der Waals surface area contributed by atoms with E-state index in [2.05, 4.69) is 31.0 Å². The van der Waals surface area contributed by atoms with Gasteiger partial charge >= 0.3 is 5.97 Å². The number of nitrogens with zero attached hydrogens (tertiary/aromatic N) is 1. The Labute approximate surface area is 149 Å². The van der Waals surface area contributed by atoms with Crippen LogP contribution in [0.15, 0.2) is 22.8 Å². The summed E-state index contributed by atoms with van der Waals surface area (Å²) in [5.41, 5.74) is -0.484. The van der Waals surface area contributed by atoms with E-state index in [0.29, 0.717) is 0 Å². The van der Waals surface area contributed by atoms with Crippen LogP contribution in [-0.2, 0) is 9.53 Å². The number of carbonyl (C=O) groups excluding carboxylic acids is 2. The van der Waals surface area contributed by atoms with Gasteiger partial charge in [0.2, 0.25) is 5.91 Å². The molecule has 0 spiro atoms. The van der Waals surface area contributed by atoms with Gasteiger partial charge in [0, 0.05) is 24.2 Å². The zero-order valence-corrected chi connectivity index (χ0v) is 14.8. The van der Waals surface area contributed by atoms with E-state index >= 15 is 0 Å². The number of ether oxygens (including phenoxy) is 1. The first-order chi connectivity index (χ1) is 11.3. The van der Waals surface area contributed by atoms with Crippen molar-refractivity contribution in [2.45, 2.75) is 6.92 Å². The van der Waals surface area contributed by atoms with E-state index in [1.165, 1.54) is 19.1 Å². The Bertz CT molecular complexity index is 846. The fourth-order valence-electron chi connectivity index (χ4n) is 1.96. The summed E-state index contributed by atoms with van der Waals surface area (Å²) in [6.07, 6.45) is 1.11. The molecule has 2 aromatic rings. The van der Waals surface area contributed by atoms with Gasteiger partial charge in [-0.1, -0.05) is 11.6 Å². The van der Waals surface area contributed by atoms with Crippen molar-refractivity contribution in [2.75, 3.05) is 12.4 Å². The molecule has 0 radical (unpaired) electrons. The van der Waals surface area contributed by atoms with Gasteiger partial charge in [0.25, 0.3) is 0 Å². The quantitative estimate of drug-likeness (QED) is 0.598. The number of rotatable bonds is 3. The maximum absolute atomic E-state index is 14.2. The second-order valence-electron chi connectivity index (χ2n) is 4.61. The number of amides is 1. The molecule has 1 amide bonds. The Morgan fingerprint density at radius 1 is 1.25 bits per heavy atom. The van der Waals surface area contributed by atoms with E-state index in [1.807, 2.05) is 0 Å². The van der Waals surface area contributed by atoms with Gasteiger partial charge in [0.15, 0.2) is 17.3 Å². The maximum atomic E-state index is 14.2. The predicted molar refractivity (Wildman–Crippen MR) is 87.9 cm³/mol. The highest BCUT2D eigenvalue weighted by Gasteiger charge is 2.23. The predicted octanol–water partition coefficient (Wildman–Crippen LogP) is 4.19. The first-order valence-electron chi connectivity index (χ1n) is 6.46. The zero-order valence-electron chi connectivity index (χ0n) is 12.4. The molecule has 24 heavy (non-hydrogen) atoms. The van der Waals surface area contributed by atoms with E-state index in [0.717, 1.165) is 13.3 Å². The van der Waals surface area contributed by atoms with Crippen molar-refractivity contribution in [2.24, 2.45) is 0 Å². The highest BCUT2D eigenvalue weighted by atomic mass is 79.9. The van der Waals surface area contributed by atoms with Crippen LogP contribution in [0.25, 0.3) is 11.1 Å². The van der Waals surface area contributed by atoms with E-state index in [9.17, 15) is 18.4 Å². The summed E-state index contributed by atoms with van der Waals surface area (Å²) in [5, 5.41) is 2.16. The van der Waals surface area contributed by atoms with Gasteiger partial charge in [0.05, 0.1) is 22.3 Å². The van der Waals surface area contributed by atoms with Crippen LogP contribution < -0.4 is 5.32 Å². The number of nitrogens with one attached hydrogen (secondary N) is 1. The molecule has 0 aliphatic rings. The SMILES string of the molecule is COC(=O)c1ncc(-c2ccc(Br)c(F)c2F)c(NC(C)=O)c1Cl. The molecule has 0 saturated carbocycles. The molecule has 5 nitrogen and oxygen atoms in total. The van der Waals surface area contributed by atoms with Crippen LogP contribution in [-0.4, -0.2) is 24.0 Å². The molecule has 1 N–H and O–H groups in total. The third-order valence-corrected chi connectivity index (χ3v) is 4.01. The highest BCUT2D eigenvalue weighted by Crippen LogP contribution is 2.38. The lowest BCUT2D eigenvalue weighted by Gasteiger charge is -2.15. The van der Waals surface area contributed by atoms with Gasteiger partial charge in [0.1, 0.15) is 0 Å². The lowest BCUT2D eigenvalue weighted by Crippen LogP contribution is -2.12. The molecule has 9 heteroatoms. The van der Waals surface area contributed by atoms with Crippen LogP contribution in [0.5, 0.6) is 0 Å². The van der Waals surface area contributed by atoms with Crippen molar-refractivity contribution in [3.05, 3.63) is 45.2 Å². The number of methoxy groups -OCH3 is 1. The topological polar surface area (TPSA) is 68.3 Å². The highest BCUT2D eigenvalue weighted by molar-refractivity contribution is 9.10. The van der Waals surface area contributed by atoms with Crippen LogP contribution in [0, 0.1) is 11.6 Å². The second kappa shape index (κ2) is 7.23. The van der Waals surface area contributed by atoms with Crippen molar-refractivity contribution >= 4 is 45.1 Å². The average Bonchev–Trinajstić information content (AvgIpc) is 2.54. The number of esters is 1. The molecule has 1 aromatic carbocycles. The number of hydrogen-bond acceptors (Lipinski definition) is 4. The molecule has 0 saturated heterocycles. The van der Waals surface area contributed by atoms with Gasteiger partial charge in [-0.2, -0.15) is 0 Å². The van der Waals surface area contributed by atoms with Gasteiger partial charge in [-0.3, -0.25) is 4.79 Å². The van der Waals surface area contributed by atoms with Crippen molar-refractivity contribution < 1.29 is 23.1 Å². The Morgan fingerprint density at radius 3 is 2.50 bits per heavy atom. The van der Waals surface area contributed by atoms with E-state index in [4.69, 9.17) is 11.6 Å². The van der Waals surface area contributed by atoms with Crippen LogP contribution in [0.2, 0.25) is 5.02 Å². The summed E-state index contributed by atoms with van der Waals surface area (Å²) in [7, 11) is 1.14. The van der Waals surface area contributed by atoms with Crippen LogP contribution in [0.3, 0.4) is 0 Å². The lowest BCUT2D eigenvalue weighted by atomic mass is 10.0. The molecule has 126 valence electrons. The third-order valence-electron chi connectivity index (χ3n) is 3.02. The monoisotopic (exact) mass is 418 g/mol. The fraction of sp³-hybridized carbons (Fsp3) is 0.133. The second-order valence-corrected chi connectivity index (χ2v) is 5.84. The summed E-state index contributed by atoms with van der Waals surface area (Å²) in [5.74, 6) is -3.60. The maximum Gasteiger partial charge on any atom is 0.358 e. The normalized spacial score (nSPS) is 10.4. The third kappa shape index (κ3) is 3.39. The van der Waals surface area contributed by atoms with Crippen molar-refractivity contribution in [1.82, 2.24) is 4.98 Å². The van der Waals surface area contributed by atoms with Crippen molar-refractivity contribution in [3.63, 3.8) is 0 Å². The van der Waals surface area contributed by atoms with Gasteiger partial charge in [-0.15, -0.1) is 0 Å². The fourth-order valence-corrected chi connectivity index (χ4v) is 2.54. The molecule has 0 bridgehead atoms. The molecule has 0 atom stereocenters. The Hall–Kier alpha value is -2.06. The number of halogens is 4. The molecular formula is C15H10BrClF2N2O3. The minimum atomic E-state index is -1.15. The van der Waals surface area contributed by atoms with E-state index < -0.39 is 23.5 Å². The zero-order chi connectivity index (χ0) is 18.0. The molecule has 0 fully saturated rings. The number of benzene rings is 1. The minimum absolute atomic E-state index is 0.0201. The van der Waals surface area contributed by atoms with Crippen molar-refractivity contribution in [3.8, 4) is 11.1 Å². The molecular weight excluding hydrogens is 410 g/mol. The molecule has 0 unspecified atom stereocenters. The molecule has 1 heterocycles. The Kier molecular flexibility index (Phi) is 5.51. The minimum Gasteiger partial charge on any atom is -0.464 e. The lowest BCUT2D eigenvalue weighted by molar-refractivity contribution is -0.114. The summed E-state index contributed by atoms with van der Waals surface area (Å²) in [6.45, 7) is 1.21. The number of hydrogen-bond donors (Lipinski definition) is 1. The summed E-state index contributed by atoms with van der Waals surface area (Å²) >= 11 is 8.98. The summed E-state index contributed by atoms with van der Waals surface area (Å²) in [6, 6.07) is 2.59. The van der Waals surface area contributed by atoms with Crippen LogP contribution in [0.1, 0.15) is 17.4 Å². The molecule has 0 aliphatic carbocycles. The number of carbonyl (C=O) groups is 2. The van der Waals surface area contributed by atoms with Crippen LogP contribution in [0.4, 0.5) is 14.5 Å². The van der Waals surface area contributed by atoms with Crippen LogP contribution >= 0.6 is 27.5 Å². The molecule has 2 rings (SSSR count). The largest absolute Gasteiger partial charge is 0.464 e. The van der Waals surface area contributed by atoms with Gasteiger partial charge < -0.3 is 10.1 Å². The first-order valence-corrected chi connectivity index (χ1v) is 7.63. The smallest absolute Gasteiger partial charge is 0.358 e. The molecule has 0 aliphatic heterocycles. The average molecular weight is 420 g/mol.